The number of likely N-dealkylation sites (N-methyl/N-ethyl adjacent to an activating group) is 1. The van der Waals surface area contributed by atoms with Crippen LogP contribution >= 0.6 is 0 Å². The number of carbonyl (C=O) groups excluding carboxylic acids is 3. The molecule has 5 nitrogen and oxygen atoms in total. The van der Waals surface area contributed by atoms with Crippen molar-refractivity contribution in [2.45, 2.75) is 12.5 Å². The molecule has 1 atom stereocenters. The number of hydrogen-bond acceptors (Lipinski definition) is 4. The number of nitrogens with zero attached hydrogens (tertiary/aromatic N) is 1. The van der Waals surface area contributed by atoms with Crippen molar-refractivity contribution in [3.63, 3.8) is 0 Å². The van der Waals surface area contributed by atoms with E-state index in [2.05, 4.69) is 5.32 Å². The zero-order valence-electron chi connectivity index (χ0n) is 13.9. The molecule has 2 aromatic carbocycles. The smallest absolute Gasteiger partial charge is 0.259 e. The van der Waals surface area contributed by atoms with E-state index in [1.54, 1.807) is 18.2 Å². The summed E-state index contributed by atoms with van der Waals surface area (Å²) in [6, 6.07) is 14.6. The van der Waals surface area contributed by atoms with E-state index in [-0.39, 0.29) is 11.4 Å². The summed E-state index contributed by atoms with van der Waals surface area (Å²) in [4.78, 5) is 39.1. The van der Waals surface area contributed by atoms with E-state index in [9.17, 15) is 14.4 Å². The van der Waals surface area contributed by atoms with Crippen LogP contribution in [0.2, 0.25) is 0 Å². The Balaban J connectivity index is 1.97. The molecule has 0 saturated heterocycles. The summed E-state index contributed by atoms with van der Waals surface area (Å²) in [6.07, 6.45) is 1.26. The zero-order chi connectivity index (χ0) is 17.8. The molecule has 124 valence electrons. The maximum Gasteiger partial charge on any atom is 0.259 e. The molecule has 0 saturated carbocycles. The molecule has 0 aliphatic carbocycles. The average molecular weight is 332 g/mol. The fraction of sp³-hybridized carbons (Fsp3) is 0.150. The van der Waals surface area contributed by atoms with Crippen LogP contribution in [0, 0.1) is 6.92 Å². The predicted octanol–water partition coefficient (Wildman–Crippen LogP) is 2.42. The van der Waals surface area contributed by atoms with Crippen molar-refractivity contribution in [3.05, 3.63) is 76.9 Å². The molecule has 0 aromatic heterocycles. The fourth-order valence-corrected chi connectivity index (χ4v) is 3.43. The van der Waals surface area contributed by atoms with Gasteiger partial charge in [0.25, 0.3) is 11.8 Å². The largest absolute Gasteiger partial charge is 0.364 e. The average Bonchev–Trinajstić information content (AvgIpc) is 3.06. The SMILES string of the molecule is Cc1ccc(C2(C3=CC(=O)N(C)C3=O)Nc3ccccc3C2=O)cc1. The standard InChI is InChI=1S/C20H16N2O3/c1-12-7-9-13(10-8-12)20(15-11-17(23)22(2)19(15)25)18(24)14-5-3-4-6-16(14)21-20/h3-11,21H,1-2H3. The topological polar surface area (TPSA) is 66.5 Å². The first-order valence-electron chi connectivity index (χ1n) is 7.98. The monoisotopic (exact) mass is 332 g/mol. The summed E-state index contributed by atoms with van der Waals surface area (Å²) in [6.45, 7) is 1.95. The summed E-state index contributed by atoms with van der Waals surface area (Å²) >= 11 is 0. The van der Waals surface area contributed by atoms with Gasteiger partial charge in [-0.05, 0) is 24.6 Å². The number of aryl methyl sites for hydroxylation is 1. The quantitative estimate of drug-likeness (QED) is 0.858. The van der Waals surface area contributed by atoms with Crippen LogP contribution in [0.1, 0.15) is 21.5 Å². The van der Waals surface area contributed by atoms with E-state index in [1.807, 2.05) is 37.3 Å². The summed E-state index contributed by atoms with van der Waals surface area (Å²) in [5.74, 6) is -1.11. The number of nitrogens with one attached hydrogen (secondary N) is 1. The number of carbonyl (C=O) groups is 3. The minimum absolute atomic E-state index is 0.157. The third-order valence-corrected chi connectivity index (χ3v) is 4.86. The van der Waals surface area contributed by atoms with Crippen molar-refractivity contribution in [2.24, 2.45) is 0 Å². The lowest BCUT2D eigenvalue weighted by Gasteiger charge is -2.30. The van der Waals surface area contributed by atoms with Crippen LogP contribution in [0.15, 0.2) is 60.2 Å². The van der Waals surface area contributed by atoms with Crippen molar-refractivity contribution < 1.29 is 14.4 Å². The third kappa shape index (κ3) is 1.99. The molecule has 0 spiro atoms. The third-order valence-electron chi connectivity index (χ3n) is 4.86. The zero-order valence-corrected chi connectivity index (χ0v) is 13.9. The van der Waals surface area contributed by atoms with Crippen molar-refractivity contribution in [2.75, 3.05) is 12.4 Å². The van der Waals surface area contributed by atoms with Crippen LogP contribution in [-0.2, 0) is 15.1 Å². The van der Waals surface area contributed by atoms with Crippen LogP contribution in [-0.4, -0.2) is 29.5 Å². The van der Waals surface area contributed by atoms with Gasteiger partial charge in [0.2, 0.25) is 0 Å². The van der Waals surface area contributed by atoms with Gasteiger partial charge in [-0.1, -0.05) is 42.0 Å². The molecule has 2 heterocycles. The molecule has 2 aromatic rings. The van der Waals surface area contributed by atoms with Crippen LogP contribution in [0.3, 0.4) is 0 Å². The molecule has 0 bridgehead atoms. The first kappa shape index (κ1) is 15.3. The molecule has 0 fully saturated rings. The Kier molecular flexibility index (Phi) is 3.15. The molecule has 0 radical (unpaired) electrons. The second-order valence-electron chi connectivity index (χ2n) is 6.38. The van der Waals surface area contributed by atoms with Crippen molar-refractivity contribution in [1.82, 2.24) is 4.90 Å². The number of rotatable bonds is 2. The fourth-order valence-electron chi connectivity index (χ4n) is 3.43. The van der Waals surface area contributed by atoms with Gasteiger partial charge < -0.3 is 5.32 Å². The second-order valence-corrected chi connectivity index (χ2v) is 6.38. The van der Waals surface area contributed by atoms with Crippen LogP contribution in [0.5, 0.6) is 0 Å². The van der Waals surface area contributed by atoms with Crippen LogP contribution in [0.4, 0.5) is 5.69 Å². The molecule has 1 N–H and O–H groups in total. The molecular formula is C20H16N2O3. The summed E-state index contributed by atoms with van der Waals surface area (Å²) in [7, 11) is 1.42. The Morgan fingerprint density at radius 3 is 2.24 bits per heavy atom. The lowest BCUT2D eigenvalue weighted by molar-refractivity contribution is -0.135. The Morgan fingerprint density at radius 2 is 1.64 bits per heavy atom. The number of ketones is 1. The number of imide groups is 1. The van der Waals surface area contributed by atoms with E-state index in [1.165, 1.54) is 13.1 Å². The Bertz CT molecular complexity index is 959. The molecule has 2 aliphatic heterocycles. The predicted molar refractivity (Wildman–Crippen MR) is 93.1 cm³/mol. The highest BCUT2D eigenvalue weighted by molar-refractivity contribution is 6.26. The van der Waals surface area contributed by atoms with E-state index in [4.69, 9.17) is 0 Å². The van der Waals surface area contributed by atoms with Crippen LogP contribution < -0.4 is 5.32 Å². The molecular weight excluding hydrogens is 316 g/mol. The van der Waals surface area contributed by atoms with E-state index < -0.39 is 17.4 Å². The van der Waals surface area contributed by atoms with E-state index in [0.717, 1.165) is 10.5 Å². The number of anilines is 1. The Morgan fingerprint density at radius 1 is 0.960 bits per heavy atom. The highest BCUT2D eigenvalue weighted by Crippen LogP contribution is 2.45. The summed E-state index contributed by atoms with van der Waals surface area (Å²) in [5.41, 5.74) is 1.63. The molecule has 2 amide bonds. The van der Waals surface area contributed by atoms with Gasteiger partial charge in [-0.25, -0.2) is 0 Å². The van der Waals surface area contributed by atoms with Crippen molar-refractivity contribution >= 4 is 23.3 Å². The normalized spacial score (nSPS) is 22.1. The van der Waals surface area contributed by atoms with Gasteiger partial charge in [0.05, 0.1) is 5.57 Å². The molecule has 1 unspecified atom stereocenters. The van der Waals surface area contributed by atoms with Gasteiger partial charge in [0.15, 0.2) is 11.3 Å². The van der Waals surface area contributed by atoms with Gasteiger partial charge in [-0.3, -0.25) is 19.3 Å². The molecule has 25 heavy (non-hydrogen) atoms. The number of fused-ring (bicyclic) bond motifs is 1. The summed E-state index contributed by atoms with van der Waals surface area (Å²) < 4.78 is 0. The van der Waals surface area contributed by atoms with Gasteiger partial charge >= 0.3 is 0 Å². The second kappa shape index (κ2) is 5.14. The van der Waals surface area contributed by atoms with Crippen molar-refractivity contribution in [3.8, 4) is 0 Å². The molecule has 4 rings (SSSR count). The minimum atomic E-state index is -1.38. The van der Waals surface area contributed by atoms with Gasteiger partial charge in [-0.15, -0.1) is 0 Å². The lowest BCUT2D eigenvalue weighted by Crippen LogP contribution is -2.44. The number of benzene rings is 2. The minimum Gasteiger partial charge on any atom is -0.364 e. The van der Waals surface area contributed by atoms with Gasteiger partial charge in [0.1, 0.15) is 0 Å². The van der Waals surface area contributed by atoms with Gasteiger partial charge in [0, 0.05) is 24.4 Å². The first-order chi connectivity index (χ1) is 11.9. The summed E-state index contributed by atoms with van der Waals surface area (Å²) in [5, 5.41) is 3.23. The number of hydrogen-bond donors (Lipinski definition) is 1. The van der Waals surface area contributed by atoms with Crippen LogP contribution in [0.25, 0.3) is 0 Å². The molecule has 5 heteroatoms. The number of amides is 2. The van der Waals surface area contributed by atoms with E-state index in [0.29, 0.717) is 16.8 Å². The van der Waals surface area contributed by atoms with Gasteiger partial charge in [-0.2, -0.15) is 0 Å². The lowest BCUT2D eigenvalue weighted by atomic mass is 9.79. The highest BCUT2D eigenvalue weighted by atomic mass is 16.2. The highest BCUT2D eigenvalue weighted by Gasteiger charge is 2.54. The van der Waals surface area contributed by atoms with Crippen molar-refractivity contribution in [1.29, 1.82) is 0 Å². The number of para-hydroxylation sites is 1. The number of Topliss-reactive ketones (excluding diaryl/α,β-unsaturated/α-hetero) is 1. The van der Waals surface area contributed by atoms with E-state index >= 15 is 0 Å². The maximum atomic E-state index is 13.4. The molecule has 2 aliphatic rings. The maximum absolute atomic E-state index is 13.4. The Labute approximate surface area is 145 Å². The first-order valence-corrected chi connectivity index (χ1v) is 7.98. The Hall–Kier alpha value is -3.21.